The molecule has 0 bridgehead atoms. The molecular formula is C26H32N5O2+. The van der Waals surface area contributed by atoms with E-state index < -0.39 is 6.04 Å². The number of benzene rings is 2. The molecule has 3 aliphatic rings. The maximum Gasteiger partial charge on any atom is 0.333 e. The van der Waals surface area contributed by atoms with Gasteiger partial charge in [0.15, 0.2) is 0 Å². The molecule has 172 valence electrons. The third-order valence-electron chi connectivity index (χ3n) is 7.14. The van der Waals surface area contributed by atoms with E-state index in [1.165, 1.54) is 27.0 Å². The van der Waals surface area contributed by atoms with Gasteiger partial charge in [-0.1, -0.05) is 56.3 Å². The Morgan fingerprint density at radius 2 is 1.67 bits per heavy atom. The highest BCUT2D eigenvalue weighted by Gasteiger charge is 2.53. The summed E-state index contributed by atoms with van der Waals surface area (Å²) in [7, 11) is 3.27. The standard InChI is InChI=1S/C26H32N5O2/c1-17-12-18(2)14-30(13-17)16-22-27-24-23(25(32)29(4)26(33)28(24)3)31(22)15-20-10-7-9-19-8-5-6-11-21(19)20/h5-11,17-18,23H,12-16H2,1-4H3/q+1. The van der Waals surface area contributed by atoms with Gasteiger partial charge in [0.1, 0.15) is 13.1 Å². The quantitative estimate of drug-likeness (QED) is 0.679. The highest BCUT2D eigenvalue weighted by atomic mass is 16.2. The molecule has 0 spiro atoms. The third-order valence-corrected chi connectivity index (χ3v) is 7.14. The van der Waals surface area contributed by atoms with Gasteiger partial charge in [0.25, 0.3) is 17.8 Å². The van der Waals surface area contributed by atoms with Crippen molar-refractivity contribution in [3.63, 3.8) is 0 Å². The second-order valence-electron chi connectivity index (χ2n) is 9.93. The van der Waals surface area contributed by atoms with Gasteiger partial charge in [-0.3, -0.25) is 19.5 Å². The Bertz CT molecular complexity index is 1170. The first-order valence-corrected chi connectivity index (χ1v) is 11.8. The molecule has 2 saturated heterocycles. The Labute approximate surface area is 195 Å². The van der Waals surface area contributed by atoms with Crippen molar-refractivity contribution in [2.45, 2.75) is 32.9 Å². The van der Waals surface area contributed by atoms with Gasteiger partial charge in [-0.15, -0.1) is 0 Å². The Kier molecular flexibility index (Phi) is 5.52. The van der Waals surface area contributed by atoms with Crippen molar-refractivity contribution in [1.82, 2.24) is 14.7 Å². The van der Waals surface area contributed by atoms with Crippen LogP contribution in [0.4, 0.5) is 4.79 Å². The number of aliphatic imine (C=N–C) groups is 1. The van der Waals surface area contributed by atoms with Crippen LogP contribution in [-0.4, -0.2) is 82.7 Å². The fourth-order valence-corrected chi connectivity index (χ4v) is 5.69. The lowest BCUT2D eigenvalue weighted by molar-refractivity contribution is -0.552. The molecule has 3 unspecified atom stereocenters. The van der Waals surface area contributed by atoms with E-state index in [0.29, 0.717) is 30.8 Å². The zero-order valence-corrected chi connectivity index (χ0v) is 19.9. The topological polar surface area (TPSA) is 59.2 Å². The third kappa shape index (κ3) is 3.84. The van der Waals surface area contributed by atoms with Crippen LogP contribution in [0, 0.1) is 11.8 Å². The van der Waals surface area contributed by atoms with E-state index in [1.807, 2.05) is 12.1 Å². The number of likely N-dealkylation sites (tertiary alicyclic amines) is 1. The second-order valence-corrected chi connectivity index (χ2v) is 9.93. The summed E-state index contributed by atoms with van der Waals surface area (Å²) >= 11 is 0. The van der Waals surface area contributed by atoms with E-state index in [-0.39, 0.29) is 11.9 Å². The van der Waals surface area contributed by atoms with Gasteiger partial charge < -0.3 is 0 Å². The summed E-state index contributed by atoms with van der Waals surface area (Å²) in [6.07, 6.45) is 1.24. The molecule has 0 saturated carbocycles. The molecule has 33 heavy (non-hydrogen) atoms. The number of amides is 3. The smallest absolute Gasteiger partial charge is 0.292 e. The summed E-state index contributed by atoms with van der Waals surface area (Å²) in [6, 6.07) is 13.7. The first-order chi connectivity index (χ1) is 15.8. The largest absolute Gasteiger partial charge is 0.333 e. The van der Waals surface area contributed by atoms with Crippen molar-refractivity contribution in [3.05, 3.63) is 48.0 Å². The lowest BCUT2D eigenvalue weighted by Crippen LogP contribution is -2.61. The van der Waals surface area contributed by atoms with E-state index in [9.17, 15) is 9.59 Å². The number of hydrogen-bond donors (Lipinski definition) is 0. The van der Waals surface area contributed by atoms with Crippen LogP contribution in [0.3, 0.4) is 0 Å². The van der Waals surface area contributed by atoms with Crippen molar-refractivity contribution in [3.8, 4) is 0 Å². The summed E-state index contributed by atoms with van der Waals surface area (Å²) < 4.78 is 2.11. The molecule has 3 heterocycles. The van der Waals surface area contributed by atoms with Gasteiger partial charge in [-0.25, -0.2) is 9.37 Å². The summed E-state index contributed by atoms with van der Waals surface area (Å²) in [5.74, 6) is 2.46. The molecule has 2 aromatic rings. The monoisotopic (exact) mass is 446 g/mol. The van der Waals surface area contributed by atoms with Crippen molar-refractivity contribution in [2.75, 3.05) is 33.7 Å². The second kappa shape index (κ2) is 8.37. The van der Waals surface area contributed by atoms with E-state index in [1.54, 1.807) is 14.1 Å². The average molecular weight is 447 g/mol. The summed E-state index contributed by atoms with van der Waals surface area (Å²) in [4.78, 5) is 36.0. The van der Waals surface area contributed by atoms with E-state index in [0.717, 1.165) is 24.5 Å². The molecule has 3 atom stereocenters. The van der Waals surface area contributed by atoms with Crippen LogP contribution >= 0.6 is 0 Å². The van der Waals surface area contributed by atoms with Gasteiger partial charge in [0.2, 0.25) is 0 Å². The minimum atomic E-state index is -0.577. The van der Waals surface area contributed by atoms with Crippen LogP contribution < -0.4 is 0 Å². The van der Waals surface area contributed by atoms with Crippen LogP contribution in [-0.2, 0) is 11.3 Å². The number of urea groups is 1. The molecule has 3 amide bonds. The van der Waals surface area contributed by atoms with Crippen LogP contribution in [0.25, 0.3) is 10.8 Å². The van der Waals surface area contributed by atoms with Crippen LogP contribution in [0.1, 0.15) is 25.8 Å². The average Bonchev–Trinajstić information content (AvgIpc) is 3.13. The summed E-state index contributed by atoms with van der Waals surface area (Å²) in [6.45, 7) is 7.88. The van der Waals surface area contributed by atoms with Crippen LogP contribution in [0.5, 0.6) is 0 Å². The molecule has 2 fully saturated rings. The minimum Gasteiger partial charge on any atom is -0.292 e. The predicted molar refractivity (Wildman–Crippen MR) is 129 cm³/mol. The zero-order valence-electron chi connectivity index (χ0n) is 19.9. The molecule has 0 N–H and O–H groups in total. The maximum atomic E-state index is 13.3. The molecule has 0 aromatic heterocycles. The minimum absolute atomic E-state index is 0.215. The van der Waals surface area contributed by atoms with Gasteiger partial charge in [-0.2, -0.15) is 0 Å². The van der Waals surface area contributed by atoms with Crippen LogP contribution in [0.15, 0.2) is 47.5 Å². The van der Waals surface area contributed by atoms with Gasteiger partial charge in [0.05, 0.1) is 0 Å². The number of likely N-dealkylation sites (N-methyl/N-ethyl adjacent to an activating group) is 2. The number of carbonyl (C=O) groups is 2. The lowest BCUT2D eigenvalue weighted by atomic mass is 9.92. The summed E-state index contributed by atoms with van der Waals surface area (Å²) in [5.41, 5.74) is 1.15. The van der Waals surface area contributed by atoms with E-state index in [2.05, 4.69) is 53.7 Å². The van der Waals surface area contributed by atoms with Crippen molar-refractivity contribution >= 4 is 34.4 Å². The predicted octanol–water partition coefficient (Wildman–Crippen LogP) is 3.03. The number of rotatable bonds is 4. The molecule has 2 aromatic carbocycles. The van der Waals surface area contributed by atoms with E-state index >= 15 is 0 Å². The van der Waals surface area contributed by atoms with Gasteiger partial charge in [-0.05, 0) is 34.0 Å². The summed E-state index contributed by atoms with van der Waals surface area (Å²) in [5, 5.41) is 2.35. The molecular weight excluding hydrogens is 414 g/mol. The fraction of sp³-hybridized carbons (Fsp3) is 0.462. The molecule has 0 radical (unpaired) electrons. The molecule has 3 aliphatic heterocycles. The number of amidine groups is 2. The maximum absolute atomic E-state index is 13.3. The number of imide groups is 1. The SMILES string of the molecule is CC1CC(C)CN(CC2=[N+](Cc3cccc4ccccc34)C3C(=O)N(C)C(=O)N(C)C3=N2)C1. The van der Waals surface area contributed by atoms with Gasteiger partial charge in [0, 0.05) is 32.7 Å². The van der Waals surface area contributed by atoms with Crippen molar-refractivity contribution < 1.29 is 14.2 Å². The van der Waals surface area contributed by atoms with E-state index in [4.69, 9.17) is 4.99 Å². The lowest BCUT2D eigenvalue weighted by Gasteiger charge is -2.34. The van der Waals surface area contributed by atoms with Crippen molar-refractivity contribution in [1.29, 1.82) is 0 Å². The van der Waals surface area contributed by atoms with Crippen LogP contribution in [0.2, 0.25) is 0 Å². The number of hydrogen-bond acceptors (Lipinski definition) is 4. The number of nitrogens with zero attached hydrogens (tertiary/aromatic N) is 5. The highest BCUT2D eigenvalue weighted by molar-refractivity contribution is 6.23. The highest BCUT2D eigenvalue weighted by Crippen LogP contribution is 2.26. The number of fused-ring (bicyclic) bond motifs is 2. The molecule has 0 aliphatic carbocycles. The van der Waals surface area contributed by atoms with Gasteiger partial charge >= 0.3 is 11.9 Å². The Morgan fingerprint density at radius 3 is 2.42 bits per heavy atom. The normalized spacial score (nSPS) is 26.3. The first kappa shape index (κ1) is 21.8. The molecule has 5 rings (SSSR count). The first-order valence-electron chi connectivity index (χ1n) is 11.8. The Hall–Kier alpha value is -3.06. The molecule has 7 heteroatoms. The zero-order chi connectivity index (χ0) is 23.3. The number of carbonyl (C=O) groups excluding carboxylic acids is 2. The Balaban J connectivity index is 1.56. The fourth-order valence-electron chi connectivity index (χ4n) is 5.69. The van der Waals surface area contributed by atoms with Crippen molar-refractivity contribution in [2.24, 2.45) is 16.8 Å². The molecule has 7 nitrogen and oxygen atoms in total. The number of piperidine rings is 1. The Morgan fingerprint density at radius 1 is 0.970 bits per heavy atom.